The van der Waals surface area contributed by atoms with Crippen LogP contribution in [-0.4, -0.2) is 30.2 Å². The van der Waals surface area contributed by atoms with Crippen molar-refractivity contribution in [1.29, 1.82) is 0 Å². The normalized spacial score (nSPS) is 17.9. The maximum atomic E-state index is 8.76. The Labute approximate surface area is 100 Å². The van der Waals surface area contributed by atoms with Gasteiger partial charge in [-0.1, -0.05) is 17.3 Å². The summed E-state index contributed by atoms with van der Waals surface area (Å²) < 4.78 is 5.66. The second-order valence-electron chi connectivity index (χ2n) is 4.06. The lowest BCUT2D eigenvalue weighted by molar-refractivity contribution is 0.315. The van der Waals surface area contributed by atoms with Crippen molar-refractivity contribution < 1.29 is 9.94 Å². The fourth-order valence-corrected chi connectivity index (χ4v) is 2.00. The third-order valence-electron chi connectivity index (χ3n) is 2.99. The molecule has 1 aliphatic rings. The van der Waals surface area contributed by atoms with Gasteiger partial charge in [-0.15, -0.1) is 0 Å². The molecule has 1 heterocycles. The van der Waals surface area contributed by atoms with Gasteiger partial charge in [0, 0.05) is 6.54 Å². The lowest BCUT2D eigenvalue weighted by Crippen LogP contribution is -2.43. The average molecular weight is 235 g/mol. The van der Waals surface area contributed by atoms with Gasteiger partial charge < -0.3 is 20.6 Å². The number of para-hydroxylation sites is 2. The number of rotatable bonds is 2. The molecule has 1 unspecified atom stereocenters. The fraction of sp³-hybridized carbons (Fsp3) is 0.417. The minimum Gasteiger partial charge on any atom is -0.491 e. The van der Waals surface area contributed by atoms with Gasteiger partial charge in [0.05, 0.1) is 18.3 Å². The maximum absolute atomic E-state index is 8.76. The zero-order chi connectivity index (χ0) is 12.3. The second-order valence-corrected chi connectivity index (χ2v) is 4.06. The van der Waals surface area contributed by atoms with Gasteiger partial charge in [0.15, 0.2) is 5.84 Å². The summed E-state index contributed by atoms with van der Waals surface area (Å²) in [5.41, 5.74) is 6.66. The molecule has 0 saturated heterocycles. The number of nitrogens with zero attached hydrogens (tertiary/aromatic N) is 2. The van der Waals surface area contributed by atoms with E-state index in [1.165, 1.54) is 0 Å². The van der Waals surface area contributed by atoms with Gasteiger partial charge in [0.1, 0.15) is 5.75 Å². The number of anilines is 1. The molecule has 1 aromatic rings. The molecule has 0 saturated carbocycles. The Kier molecular flexibility index (Phi) is 3.37. The van der Waals surface area contributed by atoms with Crippen molar-refractivity contribution in [3.05, 3.63) is 24.3 Å². The predicted octanol–water partition coefficient (Wildman–Crippen LogP) is 1.41. The van der Waals surface area contributed by atoms with Crippen LogP contribution >= 0.6 is 0 Å². The lowest BCUT2D eigenvalue weighted by Gasteiger charge is -2.29. The lowest BCUT2D eigenvalue weighted by atomic mass is 10.2. The molecule has 0 aliphatic carbocycles. The van der Waals surface area contributed by atoms with Crippen LogP contribution in [0.4, 0.5) is 5.69 Å². The molecule has 0 spiro atoms. The molecule has 2 rings (SSSR count). The highest BCUT2D eigenvalue weighted by atomic mass is 16.5. The molecule has 1 aliphatic heterocycles. The first-order valence-electron chi connectivity index (χ1n) is 5.70. The number of amidine groups is 1. The average Bonchev–Trinajstić information content (AvgIpc) is 2.59. The Morgan fingerprint density at radius 2 is 2.29 bits per heavy atom. The van der Waals surface area contributed by atoms with Gasteiger partial charge in [-0.2, -0.15) is 0 Å². The van der Waals surface area contributed by atoms with Gasteiger partial charge in [-0.25, -0.2) is 0 Å². The van der Waals surface area contributed by atoms with Crippen molar-refractivity contribution in [2.45, 2.75) is 19.4 Å². The Hall–Kier alpha value is -1.91. The van der Waals surface area contributed by atoms with Crippen LogP contribution in [0.5, 0.6) is 5.75 Å². The Balaban J connectivity index is 2.34. The molecule has 5 heteroatoms. The van der Waals surface area contributed by atoms with Gasteiger partial charge in [0.25, 0.3) is 0 Å². The topological polar surface area (TPSA) is 71.1 Å². The number of hydrogen-bond acceptors (Lipinski definition) is 4. The van der Waals surface area contributed by atoms with E-state index in [1.807, 2.05) is 31.2 Å². The molecule has 5 nitrogen and oxygen atoms in total. The van der Waals surface area contributed by atoms with Crippen LogP contribution in [0.3, 0.4) is 0 Å². The van der Waals surface area contributed by atoms with Crippen LogP contribution in [0.15, 0.2) is 29.4 Å². The molecule has 17 heavy (non-hydrogen) atoms. The minimum absolute atomic E-state index is 0.150. The van der Waals surface area contributed by atoms with Crippen molar-refractivity contribution in [2.75, 3.05) is 18.1 Å². The van der Waals surface area contributed by atoms with E-state index >= 15 is 0 Å². The van der Waals surface area contributed by atoms with Crippen molar-refractivity contribution in [3.63, 3.8) is 0 Å². The molecule has 0 fully saturated rings. The van der Waals surface area contributed by atoms with E-state index in [-0.39, 0.29) is 11.9 Å². The fourth-order valence-electron chi connectivity index (χ4n) is 2.00. The molecule has 0 amide bonds. The first-order chi connectivity index (χ1) is 8.24. The summed E-state index contributed by atoms with van der Waals surface area (Å²) >= 11 is 0. The van der Waals surface area contributed by atoms with Gasteiger partial charge in [-0.3, -0.25) is 0 Å². The first-order valence-corrected chi connectivity index (χ1v) is 5.70. The highest BCUT2D eigenvalue weighted by Crippen LogP contribution is 2.31. The third kappa shape index (κ3) is 2.27. The van der Waals surface area contributed by atoms with Crippen LogP contribution < -0.4 is 15.4 Å². The standard InChI is InChI=1S/C12H17N3O2/c1-9(12(13)14-16)15-7-4-8-17-11-6-3-2-5-10(11)15/h2-3,5-6,9,16H,4,7-8H2,1H3,(H2,13,14). The van der Waals surface area contributed by atoms with E-state index in [4.69, 9.17) is 15.7 Å². The number of ether oxygens (including phenoxy) is 1. The minimum atomic E-state index is -0.150. The summed E-state index contributed by atoms with van der Waals surface area (Å²) in [6, 6.07) is 7.67. The Morgan fingerprint density at radius 1 is 1.53 bits per heavy atom. The molecule has 0 aromatic heterocycles. The Bertz CT molecular complexity index is 420. The monoisotopic (exact) mass is 235 g/mol. The number of hydrogen-bond donors (Lipinski definition) is 2. The second kappa shape index (κ2) is 4.95. The molecule has 0 radical (unpaired) electrons. The molecule has 1 aromatic carbocycles. The van der Waals surface area contributed by atoms with E-state index in [2.05, 4.69) is 10.1 Å². The van der Waals surface area contributed by atoms with E-state index in [0.717, 1.165) is 24.4 Å². The highest BCUT2D eigenvalue weighted by molar-refractivity contribution is 5.88. The number of benzene rings is 1. The van der Waals surface area contributed by atoms with E-state index in [1.54, 1.807) is 0 Å². The van der Waals surface area contributed by atoms with Crippen LogP contribution in [0.1, 0.15) is 13.3 Å². The van der Waals surface area contributed by atoms with E-state index < -0.39 is 0 Å². The van der Waals surface area contributed by atoms with Crippen LogP contribution in [0.2, 0.25) is 0 Å². The summed E-state index contributed by atoms with van der Waals surface area (Å²) in [6.07, 6.45) is 0.914. The van der Waals surface area contributed by atoms with Crippen molar-refractivity contribution in [1.82, 2.24) is 0 Å². The highest BCUT2D eigenvalue weighted by Gasteiger charge is 2.23. The van der Waals surface area contributed by atoms with E-state index in [0.29, 0.717) is 6.61 Å². The molecule has 1 atom stereocenters. The van der Waals surface area contributed by atoms with Gasteiger partial charge >= 0.3 is 0 Å². The maximum Gasteiger partial charge on any atom is 0.161 e. The van der Waals surface area contributed by atoms with Gasteiger partial charge in [0.2, 0.25) is 0 Å². The third-order valence-corrected chi connectivity index (χ3v) is 2.99. The number of nitrogens with two attached hydrogens (primary N) is 1. The Morgan fingerprint density at radius 3 is 3.06 bits per heavy atom. The summed E-state index contributed by atoms with van der Waals surface area (Å²) in [7, 11) is 0. The summed E-state index contributed by atoms with van der Waals surface area (Å²) in [5.74, 6) is 1.06. The van der Waals surface area contributed by atoms with Crippen LogP contribution in [-0.2, 0) is 0 Å². The summed E-state index contributed by atoms with van der Waals surface area (Å²) in [5, 5.41) is 11.8. The summed E-state index contributed by atoms with van der Waals surface area (Å²) in [6.45, 7) is 3.43. The molecular weight excluding hydrogens is 218 g/mol. The number of oxime groups is 1. The van der Waals surface area contributed by atoms with Crippen LogP contribution in [0.25, 0.3) is 0 Å². The number of fused-ring (bicyclic) bond motifs is 1. The molecular formula is C12H17N3O2. The smallest absolute Gasteiger partial charge is 0.161 e. The SMILES string of the molecule is CC(/C(N)=N/O)N1CCCOc2ccccc21. The van der Waals surface area contributed by atoms with E-state index in [9.17, 15) is 0 Å². The van der Waals surface area contributed by atoms with Crippen molar-refractivity contribution in [3.8, 4) is 5.75 Å². The quantitative estimate of drug-likeness (QED) is 0.352. The largest absolute Gasteiger partial charge is 0.491 e. The molecule has 3 N–H and O–H groups in total. The zero-order valence-electron chi connectivity index (χ0n) is 9.84. The van der Waals surface area contributed by atoms with Crippen LogP contribution in [0, 0.1) is 0 Å². The predicted molar refractivity (Wildman–Crippen MR) is 66.8 cm³/mol. The summed E-state index contributed by atoms with van der Waals surface area (Å²) in [4.78, 5) is 2.09. The first kappa shape index (κ1) is 11.6. The molecule has 0 bridgehead atoms. The van der Waals surface area contributed by atoms with Gasteiger partial charge in [-0.05, 0) is 25.5 Å². The van der Waals surface area contributed by atoms with Crippen molar-refractivity contribution in [2.24, 2.45) is 10.9 Å². The molecule has 92 valence electrons. The van der Waals surface area contributed by atoms with Crippen molar-refractivity contribution >= 4 is 11.5 Å². The zero-order valence-corrected chi connectivity index (χ0v) is 9.84.